The lowest BCUT2D eigenvalue weighted by Gasteiger charge is -2.00. The Morgan fingerprint density at radius 3 is 2.65 bits per heavy atom. The number of hydrogen-bond acceptors (Lipinski definition) is 6. The molecule has 1 N–H and O–H groups in total. The van der Waals surface area contributed by atoms with Gasteiger partial charge in [0.2, 0.25) is 0 Å². The highest BCUT2D eigenvalue weighted by Gasteiger charge is 2.25. The lowest BCUT2D eigenvalue weighted by atomic mass is 10.1. The van der Waals surface area contributed by atoms with Crippen molar-refractivity contribution in [2.75, 3.05) is 0 Å². The number of nitrogens with zero attached hydrogens (tertiary/aromatic N) is 1. The second kappa shape index (κ2) is 5.98. The molecule has 1 aliphatic heterocycles. The molecule has 2 heterocycles. The molecule has 2 amide bonds. The lowest BCUT2D eigenvalue weighted by molar-refractivity contribution is -0.385. The van der Waals surface area contributed by atoms with Crippen molar-refractivity contribution < 1.29 is 14.5 Å². The number of carbonyl (C=O) groups excluding carboxylic acids is 2. The van der Waals surface area contributed by atoms with Crippen molar-refractivity contribution in [2.24, 2.45) is 0 Å². The Morgan fingerprint density at radius 1 is 1.22 bits per heavy atom. The van der Waals surface area contributed by atoms with Crippen LogP contribution in [0.2, 0.25) is 0 Å². The SMILES string of the molecule is Cc1ccc(-c2csc(/C=C3/SC(=O)NC3=O)c2)cc1[N+](=O)[O-]. The Morgan fingerprint density at radius 2 is 2.00 bits per heavy atom. The Hall–Kier alpha value is -2.45. The molecule has 1 aromatic carbocycles. The molecular weight excluding hydrogens is 336 g/mol. The number of imide groups is 1. The minimum atomic E-state index is -0.404. The Labute approximate surface area is 139 Å². The van der Waals surface area contributed by atoms with E-state index in [-0.39, 0.29) is 10.9 Å². The molecule has 8 heteroatoms. The number of rotatable bonds is 3. The van der Waals surface area contributed by atoms with Gasteiger partial charge in [0.15, 0.2) is 0 Å². The highest BCUT2D eigenvalue weighted by molar-refractivity contribution is 8.18. The number of hydrogen-bond donors (Lipinski definition) is 1. The monoisotopic (exact) mass is 346 g/mol. The first-order chi connectivity index (χ1) is 10.9. The van der Waals surface area contributed by atoms with Crippen LogP contribution in [0.5, 0.6) is 0 Å². The first kappa shape index (κ1) is 15.4. The van der Waals surface area contributed by atoms with E-state index in [2.05, 4.69) is 5.32 Å². The van der Waals surface area contributed by atoms with E-state index >= 15 is 0 Å². The summed E-state index contributed by atoms with van der Waals surface area (Å²) in [6.45, 7) is 1.69. The molecule has 23 heavy (non-hydrogen) atoms. The number of aryl methyl sites for hydroxylation is 1. The van der Waals surface area contributed by atoms with Gasteiger partial charge in [0, 0.05) is 16.5 Å². The molecule has 116 valence electrons. The standard InChI is InChI=1S/C15H10N2O4S2/c1-8-2-3-9(5-12(8)17(20)21)10-4-11(22-7-10)6-13-14(18)16-15(19)23-13/h2-7H,1H3,(H,16,18,19)/b13-6+. The summed E-state index contributed by atoms with van der Waals surface area (Å²) in [6.07, 6.45) is 1.64. The maximum absolute atomic E-state index is 11.5. The fourth-order valence-electron chi connectivity index (χ4n) is 2.12. The largest absolute Gasteiger partial charge is 0.290 e. The second-order valence-corrected chi connectivity index (χ2v) is 6.81. The minimum Gasteiger partial charge on any atom is -0.282 e. The number of carbonyl (C=O) groups is 2. The number of nitro benzene ring substituents is 1. The molecule has 0 bridgehead atoms. The second-order valence-electron chi connectivity index (χ2n) is 4.85. The highest BCUT2D eigenvalue weighted by atomic mass is 32.2. The molecule has 1 aromatic heterocycles. The first-order valence-electron chi connectivity index (χ1n) is 6.53. The predicted octanol–water partition coefficient (Wildman–Crippen LogP) is 3.96. The van der Waals surface area contributed by atoms with E-state index in [1.54, 1.807) is 19.1 Å². The molecule has 1 fully saturated rings. The van der Waals surface area contributed by atoms with Gasteiger partial charge in [-0.15, -0.1) is 11.3 Å². The molecule has 1 aliphatic rings. The zero-order chi connectivity index (χ0) is 16.6. The number of amides is 2. The average molecular weight is 346 g/mol. The Kier molecular flexibility index (Phi) is 4.01. The van der Waals surface area contributed by atoms with Crippen molar-refractivity contribution in [2.45, 2.75) is 6.92 Å². The molecule has 0 saturated carbocycles. The van der Waals surface area contributed by atoms with Gasteiger partial charge in [0.25, 0.3) is 16.8 Å². The van der Waals surface area contributed by atoms with Crippen LogP contribution in [0.1, 0.15) is 10.4 Å². The predicted molar refractivity (Wildman–Crippen MR) is 90.3 cm³/mol. The number of benzene rings is 1. The number of nitrogens with one attached hydrogen (secondary N) is 1. The topological polar surface area (TPSA) is 89.3 Å². The van der Waals surface area contributed by atoms with Crippen LogP contribution in [0.25, 0.3) is 17.2 Å². The van der Waals surface area contributed by atoms with Crippen LogP contribution in [-0.2, 0) is 4.79 Å². The molecule has 0 radical (unpaired) electrons. The summed E-state index contributed by atoms with van der Waals surface area (Å²) in [6, 6.07) is 6.90. The van der Waals surface area contributed by atoms with Crippen LogP contribution < -0.4 is 5.32 Å². The summed E-state index contributed by atoms with van der Waals surface area (Å²) in [5.41, 5.74) is 2.25. The molecule has 3 rings (SSSR count). The quantitative estimate of drug-likeness (QED) is 0.516. The van der Waals surface area contributed by atoms with E-state index in [1.807, 2.05) is 17.5 Å². The van der Waals surface area contributed by atoms with Crippen molar-refractivity contribution in [3.63, 3.8) is 0 Å². The van der Waals surface area contributed by atoms with Gasteiger partial charge in [-0.05, 0) is 47.3 Å². The fourth-order valence-corrected chi connectivity index (χ4v) is 3.71. The van der Waals surface area contributed by atoms with Crippen molar-refractivity contribution in [1.82, 2.24) is 5.32 Å². The van der Waals surface area contributed by atoms with Crippen molar-refractivity contribution >= 4 is 46.0 Å². The van der Waals surface area contributed by atoms with E-state index in [4.69, 9.17) is 0 Å². The van der Waals surface area contributed by atoms with Crippen molar-refractivity contribution in [3.8, 4) is 11.1 Å². The lowest BCUT2D eigenvalue weighted by Crippen LogP contribution is -2.17. The third-order valence-corrected chi connectivity index (χ3v) is 4.96. The summed E-state index contributed by atoms with van der Waals surface area (Å²) in [5, 5.41) is 14.7. The Balaban J connectivity index is 1.92. The smallest absolute Gasteiger partial charge is 0.282 e. The average Bonchev–Trinajstić information content (AvgIpc) is 3.06. The van der Waals surface area contributed by atoms with Gasteiger partial charge >= 0.3 is 0 Å². The summed E-state index contributed by atoms with van der Waals surface area (Å²) in [7, 11) is 0. The highest BCUT2D eigenvalue weighted by Crippen LogP contribution is 2.33. The molecule has 1 saturated heterocycles. The zero-order valence-corrected chi connectivity index (χ0v) is 13.5. The molecule has 0 unspecified atom stereocenters. The molecule has 0 aliphatic carbocycles. The van der Waals surface area contributed by atoms with Gasteiger partial charge in [-0.2, -0.15) is 0 Å². The van der Waals surface area contributed by atoms with Crippen LogP contribution in [0.15, 0.2) is 34.6 Å². The summed E-state index contributed by atoms with van der Waals surface area (Å²) in [5.74, 6) is -0.402. The van der Waals surface area contributed by atoms with Crippen LogP contribution in [0, 0.1) is 17.0 Å². The Bertz CT molecular complexity index is 870. The van der Waals surface area contributed by atoms with Crippen LogP contribution >= 0.6 is 23.1 Å². The maximum Gasteiger partial charge on any atom is 0.290 e. The van der Waals surface area contributed by atoms with E-state index < -0.39 is 10.8 Å². The first-order valence-corrected chi connectivity index (χ1v) is 8.22. The normalized spacial score (nSPS) is 16.0. The number of thiophene rings is 1. The summed E-state index contributed by atoms with van der Waals surface area (Å²) >= 11 is 2.26. The van der Waals surface area contributed by atoms with Gasteiger partial charge in [0.05, 0.1) is 9.83 Å². The van der Waals surface area contributed by atoms with Gasteiger partial charge in [-0.25, -0.2) is 0 Å². The molecule has 0 atom stereocenters. The fraction of sp³-hybridized carbons (Fsp3) is 0.0667. The summed E-state index contributed by atoms with van der Waals surface area (Å²) in [4.78, 5) is 34.4. The van der Waals surface area contributed by atoms with Crippen LogP contribution in [0.3, 0.4) is 0 Å². The van der Waals surface area contributed by atoms with Gasteiger partial charge < -0.3 is 0 Å². The molecule has 6 nitrogen and oxygen atoms in total. The minimum absolute atomic E-state index is 0.0740. The summed E-state index contributed by atoms with van der Waals surface area (Å²) < 4.78 is 0. The van der Waals surface area contributed by atoms with E-state index in [0.29, 0.717) is 10.5 Å². The van der Waals surface area contributed by atoms with Crippen molar-refractivity contribution in [1.29, 1.82) is 0 Å². The third-order valence-electron chi connectivity index (χ3n) is 3.27. The third kappa shape index (κ3) is 3.17. The number of nitro groups is 1. The van der Waals surface area contributed by atoms with Crippen LogP contribution in [-0.4, -0.2) is 16.1 Å². The zero-order valence-electron chi connectivity index (χ0n) is 11.9. The van der Waals surface area contributed by atoms with Gasteiger partial charge in [-0.1, -0.05) is 12.1 Å². The van der Waals surface area contributed by atoms with Gasteiger partial charge in [0.1, 0.15) is 0 Å². The molecule has 0 spiro atoms. The molecule has 2 aromatic rings. The van der Waals surface area contributed by atoms with E-state index in [9.17, 15) is 19.7 Å². The van der Waals surface area contributed by atoms with Crippen molar-refractivity contribution in [3.05, 3.63) is 55.1 Å². The molecular formula is C15H10N2O4S2. The maximum atomic E-state index is 11.5. The van der Waals surface area contributed by atoms with Gasteiger partial charge in [-0.3, -0.25) is 25.0 Å². The number of thioether (sulfide) groups is 1. The van der Waals surface area contributed by atoms with E-state index in [1.165, 1.54) is 17.4 Å². The van der Waals surface area contributed by atoms with E-state index in [0.717, 1.165) is 27.8 Å². The van der Waals surface area contributed by atoms with Crippen LogP contribution in [0.4, 0.5) is 10.5 Å².